The van der Waals surface area contributed by atoms with Crippen LogP contribution < -0.4 is 24.8 Å². The van der Waals surface area contributed by atoms with Crippen molar-refractivity contribution in [2.75, 3.05) is 24.0 Å². The molecule has 1 amide bonds. The van der Waals surface area contributed by atoms with Gasteiger partial charge in [0.15, 0.2) is 18.1 Å². The highest BCUT2D eigenvalue weighted by atomic mass is 16.7. The van der Waals surface area contributed by atoms with Gasteiger partial charge in [-0.3, -0.25) is 4.79 Å². The number of hydrogen-bond acceptors (Lipinski definition) is 5. The Labute approximate surface area is 163 Å². The Morgan fingerprint density at radius 2 is 1.57 bits per heavy atom. The molecule has 3 aromatic carbocycles. The van der Waals surface area contributed by atoms with E-state index in [2.05, 4.69) is 10.6 Å². The summed E-state index contributed by atoms with van der Waals surface area (Å²) in [5.41, 5.74) is 3.64. The molecule has 1 aliphatic rings. The second kappa shape index (κ2) is 7.92. The first-order valence-electron chi connectivity index (χ1n) is 8.92. The van der Waals surface area contributed by atoms with E-state index in [1.807, 2.05) is 73.7 Å². The molecule has 0 aliphatic carbocycles. The van der Waals surface area contributed by atoms with Crippen molar-refractivity contribution in [3.8, 4) is 17.2 Å². The van der Waals surface area contributed by atoms with E-state index in [9.17, 15) is 4.79 Å². The van der Waals surface area contributed by atoms with E-state index in [1.54, 1.807) is 0 Å². The van der Waals surface area contributed by atoms with Crippen molar-refractivity contribution in [2.45, 2.75) is 6.92 Å². The highest BCUT2D eigenvalue weighted by molar-refractivity contribution is 5.92. The van der Waals surface area contributed by atoms with Crippen molar-refractivity contribution in [3.05, 3.63) is 72.3 Å². The molecule has 0 radical (unpaired) electrons. The molecule has 0 saturated carbocycles. The second-order valence-corrected chi connectivity index (χ2v) is 6.42. The molecule has 28 heavy (non-hydrogen) atoms. The first-order chi connectivity index (χ1) is 13.7. The highest BCUT2D eigenvalue weighted by Gasteiger charge is 2.13. The molecule has 0 spiro atoms. The number of rotatable bonds is 6. The van der Waals surface area contributed by atoms with Gasteiger partial charge in [-0.2, -0.15) is 0 Å². The van der Waals surface area contributed by atoms with Gasteiger partial charge in [-0.05, 0) is 55.5 Å². The van der Waals surface area contributed by atoms with Crippen molar-refractivity contribution in [3.63, 3.8) is 0 Å². The van der Waals surface area contributed by atoms with Gasteiger partial charge >= 0.3 is 0 Å². The number of benzene rings is 3. The van der Waals surface area contributed by atoms with Crippen LogP contribution in [0.15, 0.2) is 66.7 Å². The van der Waals surface area contributed by atoms with Crippen molar-refractivity contribution < 1.29 is 19.0 Å². The van der Waals surface area contributed by atoms with Crippen molar-refractivity contribution >= 4 is 23.0 Å². The van der Waals surface area contributed by atoms with E-state index in [0.717, 1.165) is 28.4 Å². The predicted molar refractivity (Wildman–Crippen MR) is 108 cm³/mol. The molecule has 0 fully saturated rings. The number of ether oxygens (including phenoxy) is 3. The average Bonchev–Trinajstić information content (AvgIpc) is 3.17. The summed E-state index contributed by atoms with van der Waals surface area (Å²) in [6.07, 6.45) is 0. The second-order valence-electron chi connectivity index (χ2n) is 6.42. The minimum absolute atomic E-state index is 0.0414. The highest BCUT2D eigenvalue weighted by Crippen LogP contribution is 2.35. The number of carbonyl (C=O) groups is 1. The first kappa shape index (κ1) is 17.7. The molecule has 4 rings (SSSR count). The summed E-state index contributed by atoms with van der Waals surface area (Å²) >= 11 is 0. The minimum Gasteiger partial charge on any atom is -0.484 e. The Morgan fingerprint density at radius 3 is 2.36 bits per heavy atom. The number of amides is 1. The van der Waals surface area contributed by atoms with Gasteiger partial charge in [0.25, 0.3) is 5.91 Å². The maximum atomic E-state index is 12.1. The third-order valence-electron chi connectivity index (χ3n) is 4.22. The van der Waals surface area contributed by atoms with Crippen LogP contribution in [0.2, 0.25) is 0 Å². The molecule has 1 heterocycles. The maximum Gasteiger partial charge on any atom is 0.262 e. The zero-order valence-corrected chi connectivity index (χ0v) is 15.4. The third-order valence-corrected chi connectivity index (χ3v) is 4.22. The summed E-state index contributed by atoms with van der Waals surface area (Å²) in [7, 11) is 0. The Balaban J connectivity index is 1.30. The largest absolute Gasteiger partial charge is 0.484 e. The van der Waals surface area contributed by atoms with Crippen LogP contribution in [0.25, 0.3) is 0 Å². The molecule has 0 unspecified atom stereocenters. The molecule has 6 nitrogen and oxygen atoms in total. The molecule has 0 aromatic heterocycles. The van der Waals surface area contributed by atoms with E-state index < -0.39 is 0 Å². The number of hydrogen-bond donors (Lipinski definition) is 2. The lowest BCUT2D eigenvalue weighted by Crippen LogP contribution is -2.20. The summed E-state index contributed by atoms with van der Waals surface area (Å²) in [4.78, 5) is 12.1. The van der Waals surface area contributed by atoms with Crippen LogP contribution in [0.4, 0.5) is 17.1 Å². The van der Waals surface area contributed by atoms with Gasteiger partial charge in [-0.25, -0.2) is 0 Å². The lowest BCUT2D eigenvalue weighted by atomic mass is 10.2. The van der Waals surface area contributed by atoms with Crippen LogP contribution in [0.5, 0.6) is 17.2 Å². The fourth-order valence-electron chi connectivity index (χ4n) is 2.76. The van der Waals surface area contributed by atoms with E-state index in [1.165, 1.54) is 0 Å². The van der Waals surface area contributed by atoms with E-state index in [4.69, 9.17) is 14.2 Å². The monoisotopic (exact) mass is 376 g/mol. The zero-order chi connectivity index (χ0) is 19.3. The van der Waals surface area contributed by atoms with Gasteiger partial charge in [0.2, 0.25) is 6.79 Å². The summed E-state index contributed by atoms with van der Waals surface area (Å²) in [6, 6.07) is 20.7. The number of anilines is 3. The molecule has 3 aromatic rings. The number of carbonyl (C=O) groups excluding carboxylic acids is 1. The number of aryl methyl sites for hydroxylation is 1. The van der Waals surface area contributed by atoms with Crippen LogP contribution in [0, 0.1) is 6.92 Å². The maximum absolute atomic E-state index is 12.1. The fourth-order valence-corrected chi connectivity index (χ4v) is 2.76. The van der Waals surface area contributed by atoms with Crippen molar-refractivity contribution in [2.24, 2.45) is 0 Å². The molecular formula is C22H20N2O4. The van der Waals surface area contributed by atoms with Gasteiger partial charge in [0, 0.05) is 23.1 Å². The van der Waals surface area contributed by atoms with Crippen LogP contribution >= 0.6 is 0 Å². The summed E-state index contributed by atoms with van der Waals surface area (Å²) < 4.78 is 16.2. The van der Waals surface area contributed by atoms with Gasteiger partial charge in [0.1, 0.15) is 5.75 Å². The van der Waals surface area contributed by atoms with Crippen LogP contribution in [-0.4, -0.2) is 19.3 Å². The molecule has 142 valence electrons. The van der Waals surface area contributed by atoms with Gasteiger partial charge in [-0.15, -0.1) is 0 Å². The summed E-state index contributed by atoms with van der Waals surface area (Å²) in [5.74, 6) is 1.93. The predicted octanol–water partition coefficient (Wildman–Crippen LogP) is 4.48. The summed E-state index contributed by atoms with van der Waals surface area (Å²) in [5, 5.41) is 6.11. The Morgan fingerprint density at radius 1 is 0.893 bits per heavy atom. The third kappa shape index (κ3) is 4.35. The smallest absolute Gasteiger partial charge is 0.262 e. The molecule has 0 saturated heterocycles. The number of nitrogens with one attached hydrogen (secondary N) is 2. The molecule has 0 atom stereocenters. The lowest BCUT2D eigenvalue weighted by molar-refractivity contribution is -0.118. The van der Waals surface area contributed by atoms with E-state index >= 15 is 0 Å². The van der Waals surface area contributed by atoms with Gasteiger partial charge in [-0.1, -0.05) is 17.7 Å². The fraction of sp³-hybridized carbons (Fsp3) is 0.136. The van der Waals surface area contributed by atoms with E-state index in [-0.39, 0.29) is 19.3 Å². The molecule has 2 N–H and O–H groups in total. The SMILES string of the molecule is Cc1ccc(OCC(=O)Nc2ccc(Nc3ccc4c(c3)OCO4)cc2)cc1. The number of fused-ring (bicyclic) bond motifs is 1. The summed E-state index contributed by atoms with van der Waals surface area (Å²) in [6.45, 7) is 2.21. The molecule has 6 heteroatoms. The standard InChI is InChI=1S/C22H20N2O4/c1-15-2-9-19(10-3-15)26-13-22(25)24-17-6-4-16(5-7-17)23-18-8-11-20-21(12-18)28-14-27-20/h2-12,23H,13-14H2,1H3,(H,24,25). The van der Waals surface area contributed by atoms with Crippen LogP contribution in [-0.2, 0) is 4.79 Å². The van der Waals surface area contributed by atoms with Crippen LogP contribution in [0.3, 0.4) is 0 Å². The normalized spacial score (nSPS) is 11.8. The minimum atomic E-state index is -0.211. The Bertz CT molecular complexity index is 969. The Kier molecular flexibility index (Phi) is 5.01. The topological polar surface area (TPSA) is 68.8 Å². The van der Waals surface area contributed by atoms with Crippen LogP contribution in [0.1, 0.15) is 5.56 Å². The lowest BCUT2D eigenvalue weighted by Gasteiger charge is -2.10. The van der Waals surface area contributed by atoms with Gasteiger partial charge in [0.05, 0.1) is 0 Å². The van der Waals surface area contributed by atoms with Crippen molar-refractivity contribution in [1.82, 2.24) is 0 Å². The molecule has 1 aliphatic heterocycles. The Hall–Kier alpha value is -3.67. The first-order valence-corrected chi connectivity index (χ1v) is 8.92. The van der Waals surface area contributed by atoms with E-state index in [0.29, 0.717) is 11.4 Å². The molecule has 0 bridgehead atoms. The average molecular weight is 376 g/mol. The van der Waals surface area contributed by atoms with Gasteiger partial charge < -0.3 is 24.8 Å². The zero-order valence-electron chi connectivity index (χ0n) is 15.4. The molecular weight excluding hydrogens is 356 g/mol. The quantitative estimate of drug-likeness (QED) is 0.664. The van der Waals surface area contributed by atoms with Crippen molar-refractivity contribution in [1.29, 1.82) is 0 Å².